The van der Waals surface area contributed by atoms with Gasteiger partial charge in [-0.15, -0.1) is 11.3 Å². The van der Waals surface area contributed by atoms with E-state index in [1.54, 1.807) is 19.5 Å². The average molecular weight is 644 g/mol. The van der Waals surface area contributed by atoms with Gasteiger partial charge < -0.3 is 31.1 Å². The van der Waals surface area contributed by atoms with Crippen molar-refractivity contribution in [1.29, 1.82) is 0 Å². The lowest BCUT2D eigenvalue weighted by atomic mass is 9.82. The molecule has 3 rings (SSSR count). The van der Waals surface area contributed by atoms with E-state index < -0.39 is 24.2 Å². The van der Waals surface area contributed by atoms with Gasteiger partial charge in [-0.1, -0.05) is 76.3 Å². The molecule has 1 aliphatic rings. The molecule has 2 aromatic rings. The fourth-order valence-corrected chi connectivity index (χ4v) is 6.60. The maximum absolute atomic E-state index is 14.0. The molecule has 0 saturated heterocycles. The van der Waals surface area contributed by atoms with Crippen LogP contribution in [0.4, 0.5) is 5.13 Å². The van der Waals surface area contributed by atoms with Gasteiger partial charge in [0, 0.05) is 38.9 Å². The van der Waals surface area contributed by atoms with E-state index in [-0.39, 0.29) is 43.0 Å². The summed E-state index contributed by atoms with van der Waals surface area (Å²) < 4.78 is 0. The zero-order valence-electron chi connectivity index (χ0n) is 27.4. The van der Waals surface area contributed by atoms with Crippen LogP contribution in [0.1, 0.15) is 76.5 Å². The van der Waals surface area contributed by atoms with Crippen LogP contribution in [-0.2, 0) is 27.2 Å². The van der Waals surface area contributed by atoms with Crippen molar-refractivity contribution in [3.05, 3.63) is 47.0 Å². The Morgan fingerprint density at radius 1 is 1.07 bits per heavy atom. The molecule has 11 heteroatoms. The monoisotopic (exact) mass is 643 g/mol. The molecule has 5 N–H and O–H groups in total. The predicted molar refractivity (Wildman–Crippen MR) is 178 cm³/mol. The van der Waals surface area contributed by atoms with Crippen molar-refractivity contribution in [2.24, 2.45) is 17.8 Å². The van der Waals surface area contributed by atoms with E-state index in [0.29, 0.717) is 42.6 Å². The second kappa shape index (κ2) is 18.2. The molecule has 4 atom stereocenters. The van der Waals surface area contributed by atoms with E-state index in [2.05, 4.69) is 10.3 Å². The molecule has 1 aromatic heterocycles. The van der Waals surface area contributed by atoms with Gasteiger partial charge >= 0.3 is 0 Å². The predicted octanol–water partition coefficient (Wildman–Crippen LogP) is 3.66. The fourth-order valence-electron chi connectivity index (χ4n) is 6.03. The molecule has 45 heavy (non-hydrogen) atoms. The molecule has 1 aromatic carbocycles. The number of carbonyl (C=O) groups is 3. The number of nitrogen functional groups attached to an aromatic ring is 1. The van der Waals surface area contributed by atoms with E-state index in [1.165, 1.54) is 27.6 Å². The van der Waals surface area contributed by atoms with Gasteiger partial charge in [0.05, 0.1) is 30.3 Å². The number of amides is 3. The van der Waals surface area contributed by atoms with Gasteiger partial charge in [0.1, 0.15) is 6.10 Å². The number of anilines is 1. The first-order valence-electron chi connectivity index (χ1n) is 16.3. The first-order chi connectivity index (χ1) is 21.4. The second-order valence-corrected chi connectivity index (χ2v) is 14.1. The molecular weight excluding hydrogens is 590 g/mol. The molecule has 3 amide bonds. The number of likely N-dealkylation sites (N-methyl/N-ethyl adjacent to an activating group) is 1. The van der Waals surface area contributed by atoms with Crippen LogP contribution in [0.5, 0.6) is 0 Å². The average Bonchev–Trinajstić information content (AvgIpc) is 3.42. The Labute approximate surface area is 272 Å². The van der Waals surface area contributed by atoms with Crippen molar-refractivity contribution in [3.63, 3.8) is 0 Å². The van der Waals surface area contributed by atoms with Gasteiger partial charge in [-0.25, -0.2) is 4.98 Å². The van der Waals surface area contributed by atoms with Gasteiger partial charge in [-0.05, 0) is 36.7 Å². The van der Waals surface area contributed by atoms with Crippen molar-refractivity contribution >= 4 is 34.2 Å². The highest BCUT2D eigenvalue weighted by atomic mass is 32.1. The Morgan fingerprint density at radius 3 is 2.36 bits per heavy atom. The summed E-state index contributed by atoms with van der Waals surface area (Å²) in [5.41, 5.74) is 7.53. The Balaban J connectivity index is 1.83. The maximum Gasteiger partial charge on any atom is 0.241 e. The van der Waals surface area contributed by atoms with Crippen molar-refractivity contribution in [1.82, 2.24) is 20.1 Å². The lowest BCUT2D eigenvalue weighted by Crippen LogP contribution is -2.52. The number of aromatic nitrogens is 1. The highest BCUT2D eigenvalue weighted by Gasteiger charge is 2.34. The Morgan fingerprint density at radius 2 is 1.76 bits per heavy atom. The number of aliphatic hydroxyl groups is 2. The Bertz CT molecular complexity index is 1200. The molecule has 0 spiro atoms. The van der Waals surface area contributed by atoms with Crippen LogP contribution < -0.4 is 11.1 Å². The number of hydrogen-bond acceptors (Lipinski definition) is 8. The minimum atomic E-state index is -1.13. The van der Waals surface area contributed by atoms with Crippen LogP contribution in [0.2, 0.25) is 0 Å². The summed E-state index contributed by atoms with van der Waals surface area (Å²) in [4.78, 5) is 47.9. The van der Waals surface area contributed by atoms with E-state index in [0.717, 1.165) is 31.2 Å². The molecule has 1 aliphatic carbocycles. The fraction of sp³-hybridized carbons (Fsp3) is 0.647. The summed E-state index contributed by atoms with van der Waals surface area (Å²) in [7, 11) is 3.30. The summed E-state index contributed by atoms with van der Waals surface area (Å²) in [5.74, 6) is -1.19. The molecule has 0 unspecified atom stereocenters. The number of thiazole rings is 1. The first kappa shape index (κ1) is 36.4. The summed E-state index contributed by atoms with van der Waals surface area (Å²) in [6.07, 6.45) is 4.92. The first-order valence-corrected chi connectivity index (χ1v) is 17.2. The van der Waals surface area contributed by atoms with Crippen LogP contribution in [0.3, 0.4) is 0 Å². The zero-order chi connectivity index (χ0) is 32.9. The van der Waals surface area contributed by atoms with Crippen molar-refractivity contribution < 1.29 is 24.6 Å². The molecule has 250 valence electrons. The number of carbonyl (C=O) groups excluding carboxylic acids is 3. The topological polar surface area (TPSA) is 149 Å². The van der Waals surface area contributed by atoms with Gasteiger partial charge in [0.15, 0.2) is 5.13 Å². The third-order valence-corrected chi connectivity index (χ3v) is 9.39. The molecule has 1 fully saturated rings. The second-order valence-electron chi connectivity index (χ2n) is 13.2. The lowest BCUT2D eigenvalue weighted by Gasteiger charge is -2.33. The molecular formula is C34H53N5O5S. The van der Waals surface area contributed by atoms with Crippen molar-refractivity contribution in [2.75, 3.05) is 32.9 Å². The van der Waals surface area contributed by atoms with Crippen LogP contribution in [0, 0.1) is 17.8 Å². The third-order valence-electron chi connectivity index (χ3n) is 8.67. The van der Waals surface area contributed by atoms with Crippen molar-refractivity contribution in [3.8, 4) is 0 Å². The van der Waals surface area contributed by atoms with Crippen LogP contribution in [0.25, 0.3) is 0 Å². The summed E-state index contributed by atoms with van der Waals surface area (Å²) in [6.45, 7) is 4.19. The number of nitrogens with one attached hydrogen (secondary N) is 1. The number of rotatable bonds is 17. The Hall–Kier alpha value is -3.02. The van der Waals surface area contributed by atoms with E-state index in [9.17, 15) is 24.6 Å². The molecule has 0 aliphatic heterocycles. The minimum Gasteiger partial charge on any atom is -0.390 e. The maximum atomic E-state index is 14.0. The largest absolute Gasteiger partial charge is 0.390 e. The lowest BCUT2D eigenvalue weighted by molar-refractivity contribution is -0.141. The number of aliphatic hydroxyl groups excluding tert-OH is 2. The standard InChI is InChI=1S/C34H53N5O5S/c1-23(2)17-29(40)32(43)28(18-25-13-9-6-10-14-25)37-33(44)26(19-27-22-45-34(35)36-27)20-30(41)39(21-31(42)38(3)4)16-15-24-11-7-5-8-12-24/h5,7-8,11-12,22-23,25-26,28-29,32,40,43H,6,9-10,13-21H2,1-4H3,(H2,35,36)(H,37,44)/t26-,28+,29+,32-/m1/s1. The molecule has 10 nitrogen and oxygen atoms in total. The molecule has 1 heterocycles. The molecule has 0 radical (unpaired) electrons. The summed E-state index contributed by atoms with van der Waals surface area (Å²) in [5, 5.41) is 27.3. The SMILES string of the molecule is CC(C)C[C@H](O)[C@H](O)[C@H](CC1CCCCC1)NC(=O)[C@@H](CC(=O)N(CCc1ccccc1)CC(=O)N(C)C)Cc1csc(N)n1. The smallest absolute Gasteiger partial charge is 0.241 e. The van der Waals surface area contributed by atoms with Gasteiger partial charge in [0.25, 0.3) is 0 Å². The number of benzene rings is 1. The van der Waals surface area contributed by atoms with E-state index in [4.69, 9.17) is 5.73 Å². The quantitative estimate of drug-likeness (QED) is 0.206. The molecule has 0 bridgehead atoms. The number of hydrogen-bond donors (Lipinski definition) is 4. The van der Waals surface area contributed by atoms with Crippen LogP contribution in [0.15, 0.2) is 35.7 Å². The number of nitrogens with zero attached hydrogens (tertiary/aromatic N) is 3. The molecule has 1 saturated carbocycles. The highest BCUT2D eigenvalue weighted by molar-refractivity contribution is 7.13. The number of nitrogens with two attached hydrogens (primary N) is 1. The van der Waals surface area contributed by atoms with E-state index >= 15 is 0 Å². The minimum absolute atomic E-state index is 0.0962. The van der Waals surface area contributed by atoms with E-state index in [1.807, 2.05) is 44.2 Å². The normalized spacial score (nSPS) is 16.5. The van der Waals surface area contributed by atoms with Gasteiger partial charge in [-0.2, -0.15) is 0 Å². The van der Waals surface area contributed by atoms with Crippen LogP contribution >= 0.6 is 11.3 Å². The Kier molecular flexibility index (Phi) is 14.7. The van der Waals surface area contributed by atoms with Crippen molar-refractivity contribution in [2.45, 2.75) is 96.3 Å². The third kappa shape index (κ3) is 12.4. The van der Waals surface area contributed by atoms with Gasteiger partial charge in [-0.3, -0.25) is 14.4 Å². The zero-order valence-corrected chi connectivity index (χ0v) is 28.2. The van der Waals surface area contributed by atoms with Gasteiger partial charge in [0.2, 0.25) is 17.7 Å². The summed E-state index contributed by atoms with van der Waals surface area (Å²) in [6, 6.07) is 9.09. The highest BCUT2D eigenvalue weighted by Crippen LogP contribution is 2.29. The van der Waals surface area contributed by atoms with Crippen LogP contribution in [-0.4, -0.2) is 88.2 Å². The summed E-state index contributed by atoms with van der Waals surface area (Å²) >= 11 is 1.27.